The summed E-state index contributed by atoms with van der Waals surface area (Å²) < 4.78 is 16.0. The molecule has 152 valence electrons. The normalized spacial score (nSPS) is 23.1. The third-order valence-corrected chi connectivity index (χ3v) is 5.52. The van der Waals surface area contributed by atoms with E-state index in [1.54, 1.807) is 25.3 Å². The lowest BCUT2D eigenvalue weighted by Gasteiger charge is -2.26. The maximum Gasteiger partial charge on any atom is 0.309 e. The topological polar surface area (TPSA) is 111 Å². The van der Waals surface area contributed by atoms with Crippen molar-refractivity contribution in [2.45, 2.75) is 12.0 Å². The first-order valence-corrected chi connectivity index (χ1v) is 9.26. The monoisotopic (exact) mass is 398 g/mol. The summed E-state index contributed by atoms with van der Waals surface area (Å²) in [5.41, 5.74) is 7.07. The van der Waals surface area contributed by atoms with Gasteiger partial charge in [-0.2, -0.15) is 0 Å². The fourth-order valence-corrected chi connectivity index (χ4v) is 4.27. The molecule has 1 saturated heterocycles. The molecule has 29 heavy (non-hydrogen) atoms. The minimum absolute atomic E-state index is 0.0263. The van der Waals surface area contributed by atoms with Crippen molar-refractivity contribution in [2.24, 2.45) is 11.7 Å². The summed E-state index contributed by atoms with van der Waals surface area (Å²) in [6.07, 6.45) is 0. The predicted octanol–water partition coefficient (Wildman–Crippen LogP) is 1.75. The molecule has 8 heteroatoms. The standard InChI is InChI=1S/C21H22N2O6/c1-27-14-5-2-12(3-6-14)20-19(21(25)26)15(9-23(20)10-18(22)24)13-4-7-16-17(8-13)29-11-28-16/h2-8,15,19-20H,9-11H2,1H3,(H2,22,24)(H,25,26)/t15-,19-,20+/m1/s1. The highest BCUT2D eigenvalue weighted by Crippen LogP contribution is 2.47. The highest BCUT2D eigenvalue weighted by Gasteiger charge is 2.47. The zero-order valence-electron chi connectivity index (χ0n) is 15.9. The number of carboxylic acids is 1. The molecular formula is C21H22N2O6. The van der Waals surface area contributed by atoms with Gasteiger partial charge in [0.1, 0.15) is 5.75 Å². The SMILES string of the molecule is COc1ccc([C@H]2[C@H](C(=O)O)[C@@H](c3ccc4c(c3)OCO4)CN2CC(N)=O)cc1. The molecule has 3 atom stereocenters. The van der Waals surface area contributed by atoms with Crippen molar-refractivity contribution in [3.63, 3.8) is 0 Å². The molecule has 2 aliphatic rings. The van der Waals surface area contributed by atoms with Crippen molar-refractivity contribution in [3.05, 3.63) is 53.6 Å². The Balaban J connectivity index is 1.74. The Kier molecular flexibility index (Phi) is 5.02. The molecule has 3 N–H and O–H groups in total. The number of methoxy groups -OCH3 is 1. The van der Waals surface area contributed by atoms with Crippen LogP contribution in [0.1, 0.15) is 23.1 Å². The number of carbonyl (C=O) groups excluding carboxylic acids is 1. The van der Waals surface area contributed by atoms with E-state index in [0.29, 0.717) is 23.8 Å². The number of benzene rings is 2. The van der Waals surface area contributed by atoms with Gasteiger partial charge in [0.15, 0.2) is 11.5 Å². The minimum atomic E-state index is -0.930. The molecular weight excluding hydrogens is 376 g/mol. The van der Waals surface area contributed by atoms with Crippen LogP contribution in [0.4, 0.5) is 0 Å². The van der Waals surface area contributed by atoms with Crippen LogP contribution < -0.4 is 19.9 Å². The Hall–Kier alpha value is -3.26. The van der Waals surface area contributed by atoms with Gasteiger partial charge in [-0.05, 0) is 35.4 Å². The van der Waals surface area contributed by atoms with Crippen LogP contribution in [0.3, 0.4) is 0 Å². The Morgan fingerprint density at radius 2 is 1.83 bits per heavy atom. The van der Waals surface area contributed by atoms with Crippen LogP contribution >= 0.6 is 0 Å². The van der Waals surface area contributed by atoms with Gasteiger partial charge in [0.25, 0.3) is 0 Å². The second-order valence-electron chi connectivity index (χ2n) is 7.20. The van der Waals surface area contributed by atoms with E-state index in [1.165, 1.54) is 0 Å². The Bertz CT molecular complexity index is 929. The summed E-state index contributed by atoms with van der Waals surface area (Å²) >= 11 is 0. The number of ether oxygens (including phenoxy) is 3. The fraction of sp³-hybridized carbons (Fsp3) is 0.333. The molecule has 0 aliphatic carbocycles. The molecule has 1 fully saturated rings. The van der Waals surface area contributed by atoms with Crippen LogP contribution in [0.5, 0.6) is 17.2 Å². The Morgan fingerprint density at radius 1 is 1.14 bits per heavy atom. The van der Waals surface area contributed by atoms with E-state index in [-0.39, 0.29) is 19.3 Å². The molecule has 8 nitrogen and oxygen atoms in total. The van der Waals surface area contributed by atoms with E-state index in [2.05, 4.69) is 0 Å². The quantitative estimate of drug-likeness (QED) is 0.762. The fourth-order valence-electron chi connectivity index (χ4n) is 4.27. The van der Waals surface area contributed by atoms with Gasteiger partial charge in [0, 0.05) is 18.5 Å². The van der Waals surface area contributed by atoms with E-state index in [4.69, 9.17) is 19.9 Å². The van der Waals surface area contributed by atoms with E-state index in [0.717, 1.165) is 11.1 Å². The first-order chi connectivity index (χ1) is 14.0. The van der Waals surface area contributed by atoms with Gasteiger partial charge in [-0.1, -0.05) is 18.2 Å². The molecule has 0 bridgehead atoms. The second kappa shape index (κ2) is 7.63. The lowest BCUT2D eigenvalue weighted by atomic mass is 9.82. The zero-order chi connectivity index (χ0) is 20.5. The van der Waals surface area contributed by atoms with Crippen molar-refractivity contribution in [1.82, 2.24) is 4.90 Å². The lowest BCUT2D eigenvalue weighted by Crippen LogP contribution is -2.35. The Labute approximate surface area is 167 Å². The summed E-state index contributed by atoms with van der Waals surface area (Å²) in [5, 5.41) is 10.1. The average molecular weight is 398 g/mol. The van der Waals surface area contributed by atoms with Crippen LogP contribution in [0, 0.1) is 5.92 Å². The number of hydrogen-bond donors (Lipinski definition) is 2. The maximum atomic E-state index is 12.3. The van der Waals surface area contributed by atoms with Crippen molar-refractivity contribution in [1.29, 1.82) is 0 Å². The molecule has 0 saturated carbocycles. The maximum absolute atomic E-state index is 12.3. The van der Waals surface area contributed by atoms with Crippen LogP contribution in [0.15, 0.2) is 42.5 Å². The number of rotatable bonds is 6. The molecule has 2 heterocycles. The van der Waals surface area contributed by atoms with Crippen molar-refractivity contribution < 1.29 is 28.9 Å². The van der Waals surface area contributed by atoms with Gasteiger partial charge in [-0.25, -0.2) is 0 Å². The van der Waals surface area contributed by atoms with Crippen LogP contribution in [-0.4, -0.2) is 48.9 Å². The second-order valence-corrected chi connectivity index (χ2v) is 7.20. The highest BCUT2D eigenvalue weighted by molar-refractivity contribution is 5.77. The third kappa shape index (κ3) is 3.58. The summed E-state index contributed by atoms with van der Waals surface area (Å²) in [4.78, 5) is 25.8. The molecule has 0 spiro atoms. The number of aliphatic carboxylic acids is 1. The van der Waals surface area contributed by atoms with Gasteiger partial charge in [0.05, 0.1) is 19.6 Å². The smallest absolute Gasteiger partial charge is 0.309 e. The third-order valence-electron chi connectivity index (χ3n) is 5.52. The molecule has 2 aromatic carbocycles. The van der Waals surface area contributed by atoms with Crippen molar-refractivity contribution in [2.75, 3.05) is 27.0 Å². The molecule has 2 aliphatic heterocycles. The number of likely N-dealkylation sites (tertiary alicyclic amines) is 1. The van der Waals surface area contributed by atoms with E-state index in [9.17, 15) is 14.7 Å². The number of nitrogens with two attached hydrogens (primary N) is 1. The summed E-state index contributed by atoms with van der Waals surface area (Å²) in [7, 11) is 1.57. The van der Waals surface area contributed by atoms with Gasteiger partial charge in [-0.3, -0.25) is 14.5 Å². The van der Waals surface area contributed by atoms with Crippen LogP contribution in [0.2, 0.25) is 0 Å². The number of fused-ring (bicyclic) bond motifs is 1. The number of primary amides is 1. The molecule has 0 unspecified atom stereocenters. The van der Waals surface area contributed by atoms with Crippen molar-refractivity contribution in [3.8, 4) is 17.2 Å². The average Bonchev–Trinajstić information content (AvgIpc) is 3.31. The molecule has 1 amide bonds. The molecule has 0 radical (unpaired) electrons. The number of carbonyl (C=O) groups is 2. The van der Waals surface area contributed by atoms with E-state index >= 15 is 0 Å². The summed E-state index contributed by atoms with van der Waals surface area (Å²) in [6, 6.07) is 12.2. The highest BCUT2D eigenvalue weighted by atomic mass is 16.7. The van der Waals surface area contributed by atoms with Crippen molar-refractivity contribution >= 4 is 11.9 Å². The predicted molar refractivity (Wildman–Crippen MR) is 103 cm³/mol. The molecule has 0 aromatic heterocycles. The van der Waals surface area contributed by atoms with E-state index in [1.807, 2.05) is 29.2 Å². The number of hydrogen-bond acceptors (Lipinski definition) is 6. The lowest BCUT2D eigenvalue weighted by molar-refractivity contribution is -0.143. The van der Waals surface area contributed by atoms with Crippen LogP contribution in [-0.2, 0) is 9.59 Å². The number of nitrogens with zero attached hydrogens (tertiary/aromatic N) is 1. The van der Waals surface area contributed by atoms with Gasteiger partial charge in [0.2, 0.25) is 12.7 Å². The minimum Gasteiger partial charge on any atom is -0.497 e. The largest absolute Gasteiger partial charge is 0.497 e. The number of carboxylic acid groups (broad SMARTS) is 1. The summed E-state index contributed by atoms with van der Waals surface area (Å²) in [6.45, 7) is 0.506. The van der Waals surface area contributed by atoms with Crippen LogP contribution in [0.25, 0.3) is 0 Å². The molecule has 4 rings (SSSR count). The van der Waals surface area contributed by atoms with Gasteiger partial charge >= 0.3 is 5.97 Å². The van der Waals surface area contributed by atoms with Gasteiger partial charge in [-0.15, -0.1) is 0 Å². The zero-order valence-corrected chi connectivity index (χ0v) is 15.9. The first kappa shape index (κ1) is 19.1. The summed E-state index contributed by atoms with van der Waals surface area (Å²) in [5.74, 6) is -0.622. The van der Waals surface area contributed by atoms with E-state index < -0.39 is 23.8 Å². The van der Waals surface area contributed by atoms with Gasteiger partial charge < -0.3 is 25.1 Å². The first-order valence-electron chi connectivity index (χ1n) is 9.26. The Morgan fingerprint density at radius 3 is 2.48 bits per heavy atom. The number of amides is 1. The molecule has 2 aromatic rings.